The van der Waals surface area contributed by atoms with E-state index >= 15 is 0 Å². The number of fused-ring (bicyclic) bond motifs is 1. The minimum absolute atomic E-state index is 0.00231. The highest BCUT2D eigenvalue weighted by Gasteiger charge is 2.56. The Hall–Kier alpha value is -2.19. The Morgan fingerprint density at radius 1 is 1.33 bits per heavy atom. The molecule has 1 aliphatic carbocycles. The molecule has 1 saturated heterocycles. The van der Waals surface area contributed by atoms with E-state index in [4.69, 9.17) is 9.47 Å². The number of aryl methyl sites for hydroxylation is 1. The Kier molecular flexibility index (Phi) is 3.70. The normalized spacial score (nSPS) is 31.4. The van der Waals surface area contributed by atoms with Gasteiger partial charge in [0.2, 0.25) is 5.91 Å². The third kappa shape index (κ3) is 2.54. The molecule has 8 heteroatoms. The zero-order valence-corrected chi connectivity index (χ0v) is 15.9. The van der Waals surface area contributed by atoms with Gasteiger partial charge in [-0.05, 0) is 38.7 Å². The molecule has 0 aromatic carbocycles. The second-order valence-corrected chi connectivity index (χ2v) is 8.10. The van der Waals surface area contributed by atoms with Crippen LogP contribution in [0.5, 0.6) is 0 Å². The van der Waals surface area contributed by atoms with Crippen molar-refractivity contribution in [3.8, 4) is 0 Å². The number of aromatic nitrogens is 3. The molecule has 0 spiro atoms. The molecular weight excluding hydrogens is 346 g/mol. The molecular formula is C19H25N5O3. The summed E-state index contributed by atoms with van der Waals surface area (Å²) in [5.41, 5.74) is 2.16. The fourth-order valence-electron chi connectivity index (χ4n) is 4.89. The molecule has 2 aliphatic heterocycles. The Balaban J connectivity index is 1.61. The van der Waals surface area contributed by atoms with Crippen LogP contribution in [0.25, 0.3) is 11.0 Å². The smallest absolute Gasteiger partial charge is 0.225 e. The lowest BCUT2D eigenvalue weighted by atomic mass is 10.0. The van der Waals surface area contributed by atoms with Crippen molar-refractivity contribution in [3.63, 3.8) is 0 Å². The number of hydrogen-bond acceptors (Lipinski definition) is 6. The summed E-state index contributed by atoms with van der Waals surface area (Å²) < 4.78 is 14.6. The van der Waals surface area contributed by atoms with Crippen LogP contribution < -0.4 is 10.6 Å². The number of nitrogens with zero attached hydrogens (tertiary/aromatic N) is 3. The highest BCUT2D eigenvalue weighted by molar-refractivity contribution is 5.91. The van der Waals surface area contributed by atoms with Crippen LogP contribution in [0.15, 0.2) is 12.5 Å². The first-order valence-electron chi connectivity index (χ1n) is 9.64. The van der Waals surface area contributed by atoms with Crippen LogP contribution in [0, 0.1) is 5.92 Å². The van der Waals surface area contributed by atoms with Gasteiger partial charge in [-0.15, -0.1) is 0 Å². The van der Waals surface area contributed by atoms with Crippen molar-refractivity contribution in [2.24, 2.45) is 5.92 Å². The molecule has 0 bridgehead atoms. The molecule has 1 amide bonds. The molecule has 27 heavy (non-hydrogen) atoms. The van der Waals surface area contributed by atoms with Crippen molar-refractivity contribution in [1.82, 2.24) is 19.9 Å². The van der Waals surface area contributed by atoms with Crippen LogP contribution in [0.2, 0.25) is 0 Å². The maximum atomic E-state index is 12.5. The number of anilines is 1. The average molecular weight is 371 g/mol. The van der Waals surface area contributed by atoms with Gasteiger partial charge in [0, 0.05) is 19.8 Å². The van der Waals surface area contributed by atoms with Gasteiger partial charge in [-0.25, -0.2) is 9.97 Å². The minimum Gasteiger partial charge on any atom is -0.369 e. The average Bonchev–Trinajstić information content (AvgIpc) is 3.20. The highest BCUT2D eigenvalue weighted by atomic mass is 16.8. The molecule has 5 rings (SSSR count). The summed E-state index contributed by atoms with van der Waals surface area (Å²) in [4.78, 5) is 21.5. The van der Waals surface area contributed by atoms with E-state index in [1.54, 1.807) is 13.4 Å². The van der Waals surface area contributed by atoms with Crippen molar-refractivity contribution in [2.75, 3.05) is 18.9 Å². The van der Waals surface area contributed by atoms with Gasteiger partial charge in [-0.3, -0.25) is 4.79 Å². The Morgan fingerprint density at radius 2 is 2.15 bits per heavy atom. The predicted octanol–water partition coefficient (Wildman–Crippen LogP) is 1.62. The molecule has 1 saturated carbocycles. The molecule has 144 valence electrons. The van der Waals surface area contributed by atoms with Gasteiger partial charge in [-0.2, -0.15) is 0 Å². The summed E-state index contributed by atoms with van der Waals surface area (Å²) >= 11 is 0. The third-order valence-corrected chi connectivity index (χ3v) is 5.98. The second-order valence-electron chi connectivity index (χ2n) is 8.10. The van der Waals surface area contributed by atoms with Crippen LogP contribution in [-0.4, -0.2) is 52.0 Å². The summed E-state index contributed by atoms with van der Waals surface area (Å²) in [6, 6.07) is -0.00231. The highest BCUT2D eigenvalue weighted by Crippen LogP contribution is 2.48. The van der Waals surface area contributed by atoms with Crippen LogP contribution in [0.1, 0.15) is 38.3 Å². The molecule has 2 aromatic heterocycles. The summed E-state index contributed by atoms with van der Waals surface area (Å²) in [5, 5.41) is 7.28. The maximum Gasteiger partial charge on any atom is 0.225 e. The van der Waals surface area contributed by atoms with Crippen molar-refractivity contribution in [1.29, 1.82) is 0 Å². The number of hydrogen-bond donors (Lipinski definition) is 2. The molecule has 2 N–H and O–H groups in total. The Labute approximate surface area is 157 Å². The number of carbonyl (C=O) groups excluding carboxylic acids is 1. The summed E-state index contributed by atoms with van der Waals surface area (Å²) in [7, 11) is 1.67. The van der Waals surface area contributed by atoms with E-state index in [0.29, 0.717) is 6.42 Å². The molecule has 8 nitrogen and oxygen atoms in total. The van der Waals surface area contributed by atoms with Gasteiger partial charge in [-0.1, -0.05) is 0 Å². The Morgan fingerprint density at radius 3 is 2.96 bits per heavy atom. The summed E-state index contributed by atoms with van der Waals surface area (Å²) in [6.07, 6.45) is 6.06. The van der Waals surface area contributed by atoms with Crippen molar-refractivity contribution < 1.29 is 14.3 Å². The van der Waals surface area contributed by atoms with Crippen molar-refractivity contribution >= 4 is 22.8 Å². The molecule has 4 heterocycles. The van der Waals surface area contributed by atoms with Gasteiger partial charge in [0.15, 0.2) is 5.79 Å². The Bertz CT molecular complexity index is 908. The summed E-state index contributed by atoms with van der Waals surface area (Å²) in [5.74, 6) is -0.0321. The topological polar surface area (TPSA) is 90.3 Å². The second kappa shape index (κ2) is 5.90. The minimum atomic E-state index is -0.695. The molecule has 2 aromatic rings. The van der Waals surface area contributed by atoms with E-state index in [9.17, 15) is 4.79 Å². The largest absolute Gasteiger partial charge is 0.369 e. The molecule has 3 aliphatic rings. The number of nitrogens with one attached hydrogen (secondary N) is 2. The van der Waals surface area contributed by atoms with Gasteiger partial charge in [0.1, 0.15) is 30.0 Å². The van der Waals surface area contributed by atoms with Crippen LogP contribution in [0.3, 0.4) is 0 Å². The van der Waals surface area contributed by atoms with Crippen LogP contribution >= 0.6 is 0 Å². The third-order valence-electron chi connectivity index (χ3n) is 5.98. The summed E-state index contributed by atoms with van der Waals surface area (Å²) in [6.45, 7) is 4.73. The SMILES string of the molecule is CNC(=O)[C@H]1C[C@@H](n2cc3c4c(ncnc42)NCCC3)[C@@H]2OC(C)(C)O[C@@H]21. The van der Waals surface area contributed by atoms with Crippen LogP contribution in [-0.2, 0) is 20.7 Å². The van der Waals surface area contributed by atoms with E-state index in [1.807, 2.05) is 13.8 Å². The van der Waals surface area contributed by atoms with Crippen molar-refractivity contribution in [3.05, 3.63) is 18.1 Å². The van der Waals surface area contributed by atoms with Gasteiger partial charge in [0.05, 0.1) is 17.3 Å². The van der Waals surface area contributed by atoms with Gasteiger partial charge in [0.25, 0.3) is 0 Å². The van der Waals surface area contributed by atoms with Crippen molar-refractivity contribution in [2.45, 2.75) is 57.1 Å². The number of carbonyl (C=O) groups is 1. The maximum absolute atomic E-state index is 12.5. The van der Waals surface area contributed by atoms with E-state index in [1.165, 1.54) is 5.56 Å². The molecule has 4 atom stereocenters. The number of amides is 1. The first kappa shape index (κ1) is 16.9. The number of rotatable bonds is 2. The fraction of sp³-hybridized carbons (Fsp3) is 0.632. The molecule has 0 unspecified atom stereocenters. The zero-order chi connectivity index (χ0) is 18.8. The predicted molar refractivity (Wildman–Crippen MR) is 99.4 cm³/mol. The lowest BCUT2D eigenvalue weighted by Crippen LogP contribution is -2.36. The monoisotopic (exact) mass is 371 g/mol. The standard InChI is InChI=1S/C19H25N5O3/c1-19(2)26-14-11(18(25)20-3)7-12(15(14)27-19)24-8-10-5-4-6-21-16-13(10)17(24)23-9-22-16/h8-9,11-12,14-15H,4-7H2,1-3H3,(H,20,25)(H,21,22,23)/t11-,12+,14+,15-/m0/s1. The zero-order valence-electron chi connectivity index (χ0n) is 15.9. The quantitative estimate of drug-likeness (QED) is 0.834. The first-order valence-corrected chi connectivity index (χ1v) is 9.64. The number of ether oxygens (including phenoxy) is 2. The van der Waals surface area contributed by atoms with E-state index in [2.05, 4.69) is 31.4 Å². The molecule has 0 radical (unpaired) electrons. The van der Waals surface area contributed by atoms with E-state index in [-0.39, 0.29) is 30.1 Å². The first-order chi connectivity index (χ1) is 13.0. The van der Waals surface area contributed by atoms with Crippen LogP contribution in [0.4, 0.5) is 5.82 Å². The van der Waals surface area contributed by atoms with Gasteiger partial charge >= 0.3 is 0 Å². The van der Waals surface area contributed by atoms with E-state index < -0.39 is 5.79 Å². The van der Waals surface area contributed by atoms with Gasteiger partial charge < -0.3 is 24.7 Å². The van der Waals surface area contributed by atoms with E-state index in [0.717, 1.165) is 36.2 Å². The lowest BCUT2D eigenvalue weighted by molar-refractivity contribution is -0.163. The fourth-order valence-corrected chi connectivity index (χ4v) is 4.89. The lowest BCUT2D eigenvalue weighted by Gasteiger charge is -2.24. The molecule has 2 fully saturated rings.